The number of imidazole rings is 1. The van der Waals surface area contributed by atoms with Gasteiger partial charge in [0.25, 0.3) is 0 Å². The zero-order valence-corrected chi connectivity index (χ0v) is 12.3. The van der Waals surface area contributed by atoms with Crippen LogP contribution in [0.4, 0.5) is 0 Å². The van der Waals surface area contributed by atoms with Gasteiger partial charge in [-0.25, -0.2) is 4.98 Å². The van der Waals surface area contributed by atoms with Gasteiger partial charge >= 0.3 is 0 Å². The van der Waals surface area contributed by atoms with E-state index in [4.69, 9.17) is 0 Å². The molecule has 0 radical (unpaired) electrons. The van der Waals surface area contributed by atoms with Crippen molar-refractivity contribution in [2.24, 2.45) is 0 Å². The monoisotopic (exact) mass is 258 g/mol. The van der Waals surface area contributed by atoms with Gasteiger partial charge in [0.2, 0.25) is 0 Å². The lowest BCUT2D eigenvalue weighted by Gasteiger charge is -2.07. The summed E-state index contributed by atoms with van der Waals surface area (Å²) in [6, 6.07) is 8.28. The van der Waals surface area contributed by atoms with Crippen molar-refractivity contribution in [1.29, 1.82) is 0 Å². The molecule has 19 heavy (non-hydrogen) atoms. The predicted octanol–water partition coefficient (Wildman–Crippen LogP) is 5.42. The third-order valence-corrected chi connectivity index (χ3v) is 3.87. The Bertz CT molecular complexity index is 454. The van der Waals surface area contributed by atoms with Crippen LogP contribution in [0.5, 0.6) is 0 Å². The van der Waals surface area contributed by atoms with E-state index in [0.717, 1.165) is 16.9 Å². The number of unbranched alkanes of at least 4 members (excludes halogenated alkanes) is 5. The molecule has 1 aromatic heterocycles. The zero-order chi connectivity index (χ0) is 13.5. The molecule has 0 amide bonds. The van der Waals surface area contributed by atoms with Crippen LogP contribution >= 0.6 is 0 Å². The lowest BCUT2D eigenvalue weighted by molar-refractivity contribution is 0.547. The summed E-state index contributed by atoms with van der Waals surface area (Å²) in [6.45, 7) is 4.55. The third-order valence-electron chi connectivity index (χ3n) is 3.87. The summed E-state index contributed by atoms with van der Waals surface area (Å²) >= 11 is 0. The van der Waals surface area contributed by atoms with E-state index in [0.29, 0.717) is 5.92 Å². The van der Waals surface area contributed by atoms with E-state index in [1.807, 2.05) is 6.07 Å². The number of hydrogen-bond donors (Lipinski definition) is 1. The van der Waals surface area contributed by atoms with Gasteiger partial charge in [0.1, 0.15) is 5.82 Å². The number of H-pyrrole nitrogens is 1. The van der Waals surface area contributed by atoms with Gasteiger partial charge in [0, 0.05) is 5.92 Å². The second-order valence-electron chi connectivity index (χ2n) is 5.60. The van der Waals surface area contributed by atoms with E-state index in [-0.39, 0.29) is 0 Å². The van der Waals surface area contributed by atoms with Crippen LogP contribution in [0.15, 0.2) is 24.3 Å². The summed E-state index contributed by atoms with van der Waals surface area (Å²) in [5, 5.41) is 0. The molecule has 2 rings (SSSR count). The van der Waals surface area contributed by atoms with E-state index in [2.05, 4.69) is 42.0 Å². The summed E-state index contributed by atoms with van der Waals surface area (Å²) in [5.41, 5.74) is 2.25. The standard InChI is InChI=1S/C17H26N2/c1-3-4-5-6-7-8-11-14(2)17-18-15-12-9-10-13-16(15)19-17/h9-10,12-14H,3-8,11H2,1-2H3,(H,18,19). The van der Waals surface area contributed by atoms with Crippen LogP contribution in [0.1, 0.15) is 70.5 Å². The first kappa shape index (κ1) is 14.1. The molecule has 2 nitrogen and oxygen atoms in total. The molecule has 0 aliphatic carbocycles. The fraction of sp³-hybridized carbons (Fsp3) is 0.588. The molecule has 2 aromatic rings. The summed E-state index contributed by atoms with van der Waals surface area (Å²) in [6.07, 6.45) is 9.43. The molecule has 0 aliphatic heterocycles. The van der Waals surface area contributed by atoms with Gasteiger partial charge in [-0.3, -0.25) is 0 Å². The number of rotatable bonds is 8. The fourth-order valence-corrected chi connectivity index (χ4v) is 2.57. The highest BCUT2D eigenvalue weighted by molar-refractivity contribution is 5.74. The Labute approximate surface area is 116 Å². The number of para-hydroxylation sites is 2. The van der Waals surface area contributed by atoms with Crippen molar-refractivity contribution in [1.82, 2.24) is 9.97 Å². The van der Waals surface area contributed by atoms with Crippen molar-refractivity contribution in [2.45, 2.75) is 64.7 Å². The van der Waals surface area contributed by atoms with E-state index in [1.54, 1.807) is 0 Å². The number of fused-ring (bicyclic) bond motifs is 1. The van der Waals surface area contributed by atoms with Gasteiger partial charge in [0.15, 0.2) is 0 Å². The quantitative estimate of drug-likeness (QED) is 0.629. The second-order valence-corrected chi connectivity index (χ2v) is 5.60. The minimum Gasteiger partial charge on any atom is -0.342 e. The van der Waals surface area contributed by atoms with Crippen molar-refractivity contribution in [2.75, 3.05) is 0 Å². The first-order valence-electron chi connectivity index (χ1n) is 7.76. The van der Waals surface area contributed by atoms with E-state index in [1.165, 1.54) is 44.9 Å². The number of nitrogens with zero attached hydrogens (tertiary/aromatic N) is 1. The molecule has 1 aromatic carbocycles. The van der Waals surface area contributed by atoms with Crippen molar-refractivity contribution in [3.8, 4) is 0 Å². The van der Waals surface area contributed by atoms with Crippen molar-refractivity contribution >= 4 is 11.0 Å². The molecule has 0 bridgehead atoms. The molecule has 1 heterocycles. The summed E-state index contributed by atoms with van der Waals surface area (Å²) in [7, 11) is 0. The number of aromatic nitrogens is 2. The normalized spacial score (nSPS) is 12.9. The molecular weight excluding hydrogens is 232 g/mol. The number of aromatic amines is 1. The number of hydrogen-bond acceptors (Lipinski definition) is 1. The lowest BCUT2D eigenvalue weighted by Crippen LogP contribution is -1.96. The minimum atomic E-state index is 0.540. The van der Waals surface area contributed by atoms with Gasteiger partial charge in [-0.1, -0.05) is 64.5 Å². The van der Waals surface area contributed by atoms with E-state index < -0.39 is 0 Å². The number of benzene rings is 1. The molecule has 1 N–H and O–H groups in total. The molecule has 2 heteroatoms. The molecular formula is C17H26N2. The molecule has 0 fully saturated rings. The Kier molecular flexibility index (Phi) is 5.44. The largest absolute Gasteiger partial charge is 0.342 e. The molecule has 0 saturated heterocycles. The average Bonchev–Trinajstić information content (AvgIpc) is 2.86. The maximum Gasteiger partial charge on any atom is 0.110 e. The van der Waals surface area contributed by atoms with Crippen LogP contribution in [0.25, 0.3) is 11.0 Å². The van der Waals surface area contributed by atoms with Crippen molar-refractivity contribution in [3.05, 3.63) is 30.1 Å². The molecule has 0 saturated carbocycles. The van der Waals surface area contributed by atoms with Crippen LogP contribution in [0.3, 0.4) is 0 Å². The smallest absolute Gasteiger partial charge is 0.110 e. The van der Waals surface area contributed by atoms with E-state index >= 15 is 0 Å². The Balaban J connectivity index is 1.78. The van der Waals surface area contributed by atoms with E-state index in [9.17, 15) is 0 Å². The van der Waals surface area contributed by atoms with Crippen molar-refractivity contribution in [3.63, 3.8) is 0 Å². The van der Waals surface area contributed by atoms with Crippen LogP contribution in [-0.4, -0.2) is 9.97 Å². The van der Waals surface area contributed by atoms with Gasteiger partial charge < -0.3 is 4.98 Å². The lowest BCUT2D eigenvalue weighted by atomic mass is 10.0. The first-order chi connectivity index (χ1) is 9.31. The summed E-state index contributed by atoms with van der Waals surface area (Å²) < 4.78 is 0. The Morgan fingerprint density at radius 2 is 1.79 bits per heavy atom. The van der Waals surface area contributed by atoms with Gasteiger partial charge in [-0.05, 0) is 18.6 Å². The van der Waals surface area contributed by atoms with Crippen LogP contribution < -0.4 is 0 Å². The van der Waals surface area contributed by atoms with Gasteiger partial charge in [0.05, 0.1) is 11.0 Å². The van der Waals surface area contributed by atoms with Crippen LogP contribution in [-0.2, 0) is 0 Å². The maximum absolute atomic E-state index is 4.69. The number of nitrogens with one attached hydrogen (secondary N) is 1. The highest BCUT2D eigenvalue weighted by Crippen LogP contribution is 2.22. The van der Waals surface area contributed by atoms with Gasteiger partial charge in [-0.15, -0.1) is 0 Å². The first-order valence-corrected chi connectivity index (χ1v) is 7.76. The molecule has 1 atom stereocenters. The molecule has 0 aliphatic rings. The van der Waals surface area contributed by atoms with Crippen LogP contribution in [0.2, 0.25) is 0 Å². The summed E-state index contributed by atoms with van der Waals surface area (Å²) in [5.74, 6) is 1.69. The topological polar surface area (TPSA) is 28.7 Å². The third kappa shape index (κ3) is 4.09. The SMILES string of the molecule is CCCCCCCCC(C)c1nc2ccccc2[nH]1. The fourth-order valence-electron chi connectivity index (χ4n) is 2.57. The average molecular weight is 258 g/mol. The molecule has 104 valence electrons. The Morgan fingerprint density at radius 3 is 2.58 bits per heavy atom. The highest BCUT2D eigenvalue weighted by atomic mass is 14.9. The molecule has 1 unspecified atom stereocenters. The molecule has 0 spiro atoms. The van der Waals surface area contributed by atoms with Crippen molar-refractivity contribution < 1.29 is 0 Å². The minimum absolute atomic E-state index is 0.540. The van der Waals surface area contributed by atoms with Gasteiger partial charge in [-0.2, -0.15) is 0 Å². The Hall–Kier alpha value is -1.31. The zero-order valence-electron chi connectivity index (χ0n) is 12.3. The summed E-state index contributed by atoms with van der Waals surface area (Å²) in [4.78, 5) is 8.13. The Morgan fingerprint density at radius 1 is 1.05 bits per heavy atom. The predicted molar refractivity (Wildman–Crippen MR) is 82.5 cm³/mol. The second kappa shape index (κ2) is 7.32. The highest BCUT2D eigenvalue weighted by Gasteiger charge is 2.10. The maximum atomic E-state index is 4.69. The van der Waals surface area contributed by atoms with Crippen LogP contribution in [0, 0.1) is 0 Å².